The van der Waals surface area contributed by atoms with Crippen molar-refractivity contribution in [1.29, 1.82) is 0 Å². The summed E-state index contributed by atoms with van der Waals surface area (Å²) in [7, 11) is 1.67. The van der Waals surface area contributed by atoms with Crippen LogP contribution >= 0.6 is 0 Å². The average Bonchev–Trinajstić information content (AvgIpc) is 3.43. The van der Waals surface area contributed by atoms with E-state index in [1.807, 2.05) is 41.0 Å². The van der Waals surface area contributed by atoms with Crippen LogP contribution in [0.25, 0.3) is 11.3 Å². The van der Waals surface area contributed by atoms with Crippen LogP contribution in [0.15, 0.2) is 35.1 Å². The Kier molecular flexibility index (Phi) is 5.56. The van der Waals surface area contributed by atoms with Crippen molar-refractivity contribution in [3.63, 3.8) is 0 Å². The van der Waals surface area contributed by atoms with E-state index in [0.717, 1.165) is 56.6 Å². The Bertz CT molecular complexity index is 886. The Morgan fingerprint density at radius 3 is 2.55 bits per heavy atom. The molecule has 3 amide bonds. The largest absolute Gasteiger partial charge is 0.443 e. The van der Waals surface area contributed by atoms with E-state index in [1.54, 1.807) is 7.05 Å². The zero-order valence-corrected chi connectivity index (χ0v) is 17.1. The second-order valence-electron chi connectivity index (χ2n) is 8.08. The van der Waals surface area contributed by atoms with Gasteiger partial charge in [0.1, 0.15) is 0 Å². The number of piperidine rings is 1. The molecule has 3 heterocycles. The van der Waals surface area contributed by atoms with Gasteiger partial charge in [-0.05, 0) is 44.1 Å². The smallest absolute Gasteiger partial charge is 0.317 e. The van der Waals surface area contributed by atoms with Crippen LogP contribution in [0.5, 0.6) is 0 Å². The minimum Gasteiger partial charge on any atom is -0.443 e. The Morgan fingerprint density at radius 2 is 1.83 bits per heavy atom. The number of amides is 3. The molecule has 1 atom stereocenters. The normalized spacial score (nSPS) is 20.1. The predicted molar refractivity (Wildman–Crippen MR) is 109 cm³/mol. The van der Waals surface area contributed by atoms with Gasteiger partial charge in [-0.3, -0.25) is 4.79 Å². The van der Waals surface area contributed by atoms with Gasteiger partial charge in [0.15, 0.2) is 17.8 Å². The van der Waals surface area contributed by atoms with Gasteiger partial charge in [-0.25, -0.2) is 9.78 Å². The third kappa shape index (κ3) is 3.99. The van der Waals surface area contributed by atoms with Gasteiger partial charge < -0.3 is 19.5 Å². The van der Waals surface area contributed by atoms with Gasteiger partial charge in [-0.1, -0.05) is 23.8 Å². The SMILES string of the molecule is CNC(=O)N1CCC(C2CCN(C(=O)c3ncoc3-c3cccc(C)c3)C2)CC1. The van der Waals surface area contributed by atoms with Crippen LogP contribution in [0.4, 0.5) is 4.79 Å². The van der Waals surface area contributed by atoms with Gasteiger partial charge in [-0.2, -0.15) is 0 Å². The summed E-state index contributed by atoms with van der Waals surface area (Å²) in [5.74, 6) is 1.53. The predicted octanol–water partition coefficient (Wildman–Crippen LogP) is 3.16. The number of carbonyl (C=O) groups excluding carboxylic acids is 2. The number of aromatic nitrogens is 1. The molecule has 29 heavy (non-hydrogen) atoms. The number of carbonyl (C=O) groups is 2. The number of rotatable bonds is 3. The van der Waals surface area contributed by atoms with E-state index in [9.17, 15) is 9.59 Å². The number of hydrogen-bond donors (Lipinski definition) is 1. The third-order valence-corrected chi connectivity index (χ3v) is 6.27. The highest BCUT2D eigenvalue weighted by Gasteiger charge is 2.36. The zero-order valence-electron chi connectivity index (χ0n) is 17.1. The topological polar surface area (TPSA) is 78.7 Å². The van der Waals surface area contributed by atoms with E-state index in [1.165, 1.54) is 6.39 Å². The summed E-state index contributed by atoms with van der Waals surface area (Å²) >= 11 is 0. The number of nitrogens with one attached hydrogen (secondary N) is 1. The maximum atomic E-state index is 13.1. The van der Waals surface area contributed by atoms with Gasteiger partial charge in [0.25, 0.3) is 5.91 Å². The summed E-state index contributed by atoms with van der Waals surface area (Å²) in [6, 6.07) is 7.92. The maximum Gasteiger partial charge on any atom is 0.317 e. The second-order valence-corrected chi connectivity index (χ2v) is 8.08. The Morgan fingerprint density at radius 1 is 1.10 bits per heavy atom. The van der Waals surface area contributed by atoms with E-state index in [-0.39, 0.29) is 11.9 Å². The molecule has 1 unspecified atom stereocenters. The van der Waals surface area contributed by atoms with Crippen molar-refractivity contribution in [2.45, 2.75) is 26.2 Å². The van der Waals surface area contributed by atoms with Crippen molar-refractivity contribution in [1.82, 2.24) is 20.1 Å². The number of urea groups is 1. The molecular formula is C22H28N4O3. The van der Waals surface area contributed by atoms with E-state index in [0.29, 0.717) is 23.3 Å². The molecule has 1 N–H and O–H groups in total. The molecule has 154 valence electrons. The van der Waals surface area contributed by atoms with Crippen LogP contribution in [0, 0.1) is 18.8 Å². The minimum atomic E-state index is -0.0550. The molecule has 0 spiro atoms. The first-order valence-electron chi connectivity index (χ1n) is 10.3. The Labute approximate surface area is 171 Å². The first-order chi connectivity index (χ1) is 14.1. The molecule has 2 fully saturated rings. The fraction of sp³-hybridized carbons (Fsp3) is 0.500. The third-order valence-electron chi connectivity index (χ3n) is 6.27. The van der Waals surface area contributed by atoms with Crippen LogP contribution in [0.1, 0.15) is 35.3 Å². The lowest BCUT2D eigenvalue weighted by Gasteiger charge is -2.34. The molecule has 0 saturated carbocycles. The maximum absolute atomic E-state index is 13.1. The highest BCUT2D eigenvalue weighted by atomic mass is 16.3. The first-order valence-corrected chi connectivity index (χ1v) is 10.3. The molecule has 7 heteroatoms. The highest BCUT2D eigenvalue weighted by molar-refractivity contribution is 5.97. The Balaban J connectivity index is 1.40. The fourth-order valence-corrected chi connectivity index (χ4v) is 4.63. The summed E-state index contributed by atoms with van der Waals surface area (Å²) in [6.07, 6.45) is 4.36. The molecule has 2 aromatic rings. The second kappa shape index (κ2) is 8.27. The highest BCUT2D eigenvalue weighted by Crippen LogP contribution is 2.33. The Hall–Kier alpha value is -2.83. The number of nitrogens with zero attached hydrogens (tertiary/aromatic N) is 3. The zero-order chi connectivity index (χ0) is 20.4. The molecule has 4 rings (SSSR count). The van der Waals surface area contributed by atoms with Crippen LogP contribution in [0.3, 0.4) is 0 Å². The van der Waals surface area contributed by atoms with Crippen molar-refractivity contribution < 1.29 is 14.0 Å². The van der Waals surface area contributed by atoms with Gasteiger partial charge in [0, 0.05) is 38.8 Å². The fourth-order valence-electron chi connectivity index (χ4n) is 4.63. The molecule has 2 aliphatic heterocycles. The van der Waals surface area contributed by atoms with E-state index in [4.69, 9.17) is 4.42 Å². The van der Waals surface area contributed by atoms with Crippen molar-refractivity contribution in [2.24, 2.45) is 11.8 Å². The molecule has 2 saturated heterocycles. The number of oxazole rings is 1. The molecule has 2 aliphatic rings. The molecule has 0 bridgehead atoms. The summed E-state index contributed by atoms with van der Waals surface area (Å²) in [6.45, 7) is 5.09. The van der Waals surface area contributed by atoms with Crippen LogP contribution in [-0.4, -0.2) is 59.9 Å². The van der Waals surface area contributed by atoms with Crippen molar-refractivity contribution in [2.75, 3.05) is 33.2 Å². The van der Waals surface area contributed by atoms with Crippen LogP contribution in [-0.2, 0) is 0 Å². The van der Waals surface area contributed by atoms with Gasteiger partial charge >= 0.3 is 6.03 Å². The lowest BCUT2D eigenvalue weighted by molar-refractivity contribution is 0.0772. The summed E-state index contributed by atoms with van der Waals surface area (Å²) in [5, 5.41) is 2.70. The average molecular weight is 396 g/mol. The summed E-state index contributed by atoms with van der Waals surface area (Å²) in [4.78, 5) is 32.9. The number of benzene rings is 1. The van der Waals surface area contributed by atoms with E-state index in [2.05, 4.69) is 10.3 Å². The van der Waals surface area contributed by atoms with Gasteiger partial charge in [0.2, 0.25) is 0 Å². The molecular weight excluding hydrogens is 368 g/mol. The monoisotopic (exact) mass is 396 g/mol. The number of hydrogen-bond acceptors (Lipinski definition) is 4. The van der Waals surface area contributed by atoms with Crippen molar-refractivity contribution in [3.05, 3.63) is 41.9 Å². The van der Waals surface area contributed by atoms with Crippen LogP contribution < -0.4 is 5.32 Å². The summed E-state index contributed by atoms with van der Waals surface area (Å²) in [5.41, 5.74) is 2.38. The number of likely N-dealkylation sites (tertiary alicyclic amines) is 2. The molecule has 1 aromatic carbocycles. The van der Waals surface area contributed by atoms with Gasteiger partial charge in [0.05, 0.1) is 0 Å². The lowest BCUT2D eigenvalue weighted by atomic mass is 9.84. The quantitative estimate of drug-likeness (QED) is 0.864. The van der Waals surface area contributed by atoms with E-state index >= 15 is 0 Å². The lowest BCUT2D eigenvalue weighted by Crippen LogP contribution is -2.44. The van der Waals surface area contributed by atoms with Crippen LogP contribution in [0.2, 0.25) is 0 Å². The first kappa shape index (κ1) is 19.5. The van der Waals surface area contributed by atoms with Gasteiger partial charge in [-0.15, -0.1) is 0 Å². The summed E-state index contributed by atoms with van der Waals surface area (Å²) < 4.78 is 5.57. The molecule has 0 aliphatic carbocycles. The minimum absolute atomic E-state index is 0.00128. The standard InChI is InChI=1S/C22H28N4O3/c1-15-4-3-5-17(12-15)20-19(24-14-29-20)21(27)26-11-8-18(13-26)16-6-9-25(10-7-16)22(28)23-2/h3-5,12,14,16,18H,6-11,13H2,1-2H3,(H,23,28). The molecule has 1 aromatic heterocycles. The molecule has 7 nitrogen and oxygen atoms in total. The van der Waals surface area contributed by atoms with E-state index < -0.39 is 0 Å². The van der Waals surface area contributed by atoms with Crippen molar-refractivity contribution >= 4 is 11.9 Å². The molecule has 0 radical (unpaired) electrons. The number of aryl methyl sites for hydroxylation is 1. The van der Waals surface area contributed by atoms with Crippen molar-refractivity contribution in [3.8, 4) is 11.3 Å².